The van der Waals surface area contributed by atoms with Gasteiger partial charge in [-0.2, -0.15) is 0 Å². The second-order valence-electron chi connectivity index (χ2n) is 4.62. The molecule has 0 aliphatic rings. The predicted octanol–water partition coefficient (Wildman–Crippen LogP) is 4.21. The summed E-state index contributed by atoms with van der Waals surface area (Å²) in [5, 5.41) is 4.32. The standard InChI is InChI=1S/C15H18ClNO/c1-11(10-15-4-3-9-18-15)17-12(2)13-5-7-14(16)8-6-13/h3-9,11-12,17H,10H2,1-2H3/t11?,12-/m1/s1. The number of benzene rings is 1. The third-order valence-electron chi connectivity index (χ3n) is 2.99. The molecule has 0 bridgehead atoms. The van der Waals surface area contributed by atoms with Crippen LogP contribution in [0.3, 0.4) is 0 Å². The maximum absolute atomic E-state index is 5.88. The first kappa shape index (κ1) is 13.2. The third kappa shape index (κ3) is 3.62. The molecule has 2 atom stereocenters. The minimum atomic E-state index is 0.298. The fraction of sp³-hybridized carbons (Fsp3) is 0.333. The number of halogens is 1. The van der Waals surface area contributed by atoms with Crippen LogP contribution in [0.5, 0.6) is 0 Å². The zero-order chi connectivity index (χ0) is 13.0. The van der Waals surface area contributed by atoms with Gasteiger partial charge in [0.15, 0.2) is 0 Å². The van der Waals surface area contributed by atoms with Crippen LogP contribution in [0.1, 0.15) is 31.2 Å². The molecular formula is C15H18ClNO. The van der Waals surface area contributed by atoms with E-state index in [-0.39, 0.29) is 0 Å². The van der Waals surface area contributed by atoms with Crippen LogP contribution in [-0.4, -0.2) is 6.04 Å². The highest BCUT2D eigenvalue weighted by molar-refractivity contribution is 6.30. The van der Waals surface area contributed by atoms with Crippen LogP contribution < -0.4 is 5.32 Å². The Morgan fingerprint density at radius 1 is 1.17 bits per heavy atom. The van der Waals surface area contributed by atoms with E-state index in [1.54, 1.807) is 6.26 Å². The van der Waals surface area contributed by atoms with Crippen molar-refractivity contribution >= 4 is 11.6 Å². The Morgan fingerprint density at radius 2 is 1.89 bits per heavy atom. The minimum Gasteiger partial charge on any atom is -0.469 e. The highest BCUT2D eigenvalue weighted by Crippen LogP contribution is 2.17. The Balaban J connectivity index is 1.90. The molecule has 0 fully saturated rings. The summed E-state index contributed by atoms with van der Waals surface area (Å²) in [4.78, 5) is 0. The van der Waals surface area contributed by atoms with E-state index in [1.165, 1.54) is 5.56 Å². The Kier molecular flexibility index (Phi) is 4.45. The van der Waals surface area contributed by atoms with E-state index < -0.39 is 0 Å². The van der Waals surface area contributed by atoms with Gasteiger partial charge in [0.25, 0.3) is 0 Å². The Bertz CT molecular complexity index is 464. The highest BCUT2D eigenvalue weighted by atomic mass is 35.5. The second kappa shape index (κ2) is 6.07. The summed E-state index contributed by atoms with van der Waals surface area (Å²) in [5.74, 6) is 1.01. The van der Waals surface area contributed by atoms with E-state index >= 15 is 0 Å². The average molecular weight is 264 g/mol. The summed E-state index contributed by atoms with van der Waals surface area (Å²) < 4.78 is 5.35. The average Bonchev–Trinajstić information content (AvgIpc) is 2.82. The lowest BCUT2D eigenvalue weighted by atomic mass is 10.1. The fourth-order valence-electron chi connectivity index (χ4n) is 2.06. The van der Waals surface area contributed by atoms with Gasteiger partial charge in [0.1, 0.15) is 5.76 Å². The summed E-state index contributed by atoms with van der Waals surface area (Å²) in [6.45, 7) is 4.32. The number of rotatable bonds is 5. The molecule has 2 nitrogen and oxygen atoms in total. The normalized spacial score (nSPS) is 14.4. The molecule has 0 aliphatic carbocycles. The Morgan fingerprint density at radius 3 is 2.50 bits per heavy atom. The molecule has 1 aromatic carbocycles. The van der Waals surface area contributed by atoms with Crippen molar-refractivity contribution in [3.63, 3.8) is 0 Å². The van der Waals surface area contributed by atoms with Crippen molar-refractivity contribution < 1.29 is 4.42 Å². The van der Waals surface area contributed by atoms with E-state index in [1.807, 2.05) is 24.3 Å². The third-order valence-corrected chi connectivity index (χ3v) is 3.24. The molecule has 2 aromatic rings. The number of hydrogen-bond acceptors (Lipinski definition) is 2. The number of hydrogen-bond donors (Lipinski definition) is 1. The summed E-state index contributed by atoms with van der Waals surface area (Å²) in [6, 6.07) is 12.5. The van der Waals surface area contributed by atoms with Gasteiger partial charge in [-0.25, -0.2) is 0 Å². The lowest BCUT2D eigenvalue weighted by Crippen LogP contribution is -2.30. The molecule has 1 aromatic heterocycles. The molecule has 3 heteroatoms. The van der Waals surface area contributed by atoms with Crippen molar-refractivity contribution in [2.75, 3.05) is 0 Å². The van der Waals surface area contributed by atoms with Crippen molar-refractivity contribution in [1.29, 1.82) is 0 Å². The molecule has 1 unspecified atom stereocenters. The number of furan rings is 1. The first-order valence-corrected chi connectivity index (χ1v) is 6.57. The van der Waals surface area contributed by atoms with Crippen LogP contribution in [0.15, 0.2) is 47.1 Å². The van der Waals surface area contributed by atoms with Crippen molar-refractivity contribution in [3.05, 3.63) is 59.0 Å². The SMILES string of the molecule is CC(Cc1ccco1)N[C@H](C)c1ccc(Cl)cc1. The van der Waals surface area contributed by atoms with Crippen molar-refractivity contribution in [3.8, 4) is 0 Å². The molecule has 96 valence electrons. The summed E-state index contributed by atoms with van der Waals surface area (Å²) in [7, 11) is 0. The van der Waals surface area contributed by atoms with Gasteiger partial charge in [0.2, 0.25) is 0 Å². The van der Waals surface area contributed by atoms with E-state index in [0.717, 1.165) is 17.2 Å². The van der Waals surface area contributed by atoms with E-state index in [4.69, 9.17) is 16.0 Å². The van der Waals surface area contributed by atoms with Gasteiger partial charge < -0.3 is 9.73 Å². The fourth-order valence-corrected chi connectivity index (χ4v) is 2.19. The summed E-state index contributed by atoms with van der Waals surface area (Å²) in [6.07, 6.45) is 2.61. The van der Waals surface area contributed by atoms with Gasteiger partial charge in [0.05, 0.1) is 6.26 Å². The smallest absolute Gasteiger partial charge is 0.105 e. The zero-order valence-electron chi connectivity index (χ0n) is 10.7. The maximum atomic E-state index is 5.88. The molecule has 0 amide bonds. The van der Waals surface area contributed by atoms with Crippen molar-refractivity contribution in [2.24, 2.45) is 0 Å². The van der Waals surface area contributed by atoms with Crippen LogP contribution in [-0.2, 0) is 6.42 Å². The van der Waals surface area contributed by atoms with Gasteiger partial charge in [-0.05, 0) is 43.7 Å². The highest BCUT2D eigenvalue weighted by Gasteiger charge is 2.10. The molecule has 0 spiro atoms. The topological polar surface area (TPSA) is 25.2 Å². The largest absolute Gasteiger partial charge is 0.469 e. The summed E-state index contributed by atoms with van der Waals surface area (Å²) in [5.41, 5.74) is 1.24. The van der Waals surface area contributed by atoms with Gasteiger partial charge in [-0.3, -0.25) is 0 Å². The molecule has 0 saturated carbocycles. The first-order chi connectivity index (χ1) is 8.65. The van der Waals surface area contributed by atoms with Gasteiger partial charge >= 0.3 is 0 Å². The minimum absolute atomic E-state index is 0.298. The summed E-state index contributed by atoms with van der Waals surface area (Å²) >= 11 is 5.88. The van der Waals surface area contributed by atoms with Crippen molar-refractivity contribution in [1.82, 2.24) is 5.32 Å². The monoisotopic (exact) mass is 263 g/mol. The number of nitrogens with one attached hydrogen (secondary N) is 1. The van der Waals surface area contributed by atoms with Gasteiger partial charge in [0, 0.05) is 23.5 Å². The lowest BCUT2D eigenvalue weighted by Gasteiger charge is -2.19. The molecule has 0 aliphatic heterocycles. The van der Waals surface area contributed by atoms with Crippen LogP contribution in [0.2, 0.25) is 5.02 Å². The maximum Gasteiger partial charge on any atom is 0.105 e. The van der Waals surface area contributed by atoms with E-state index in [2.05, 4.69) is 31.3 Å². The molecular weight excluding hydrogens is 246 g/mol. The molecule has 1 N–H and O–H groups in total. The van der Waals surface area contributed by atoms with Crippen LogP contribution in [0.25, 0.3) is 0 Å². The zero-order valence-corrected chi connectivity index (χ0v) is 11.4. The molecule has 2 rings (SSSR count). The first-order valence-electron chi connectivity index (χ1n) is 6.19. The van der Waals surface area contributed by atoms with Gasteiger partial charge in [-0.15, -0.1) is 0 Å². The molecule has 18 heavy (non-hydrogen) atoms. The van der Waals surface area contributed by atoms with E-state index in [9.17, 15) is 0 Å². The van der Waals surface area contributed by atoms with Gasteiger partial charge in [-0.1, -0.05) is 23.7 Å². The van der Waals surface area contributed by atoms with Crippen molar-refractivity contribution in [2.45, 2.75) is 32.4 Å². The second-order valence-corrected chi connectivity index (χ2v) is 5.06. The molecule has 1 heterocycles. The quantitative estimate of drug-likeness (QED) is 0.874. The molecule has 0 saturated heterocycles. The molecule has 0 radical (unpaired) electrons. The Labute approximate surface area is 113 Å². The Hall–Kier alpha value is -1.25. The van der Waals surface area contributed by atoms with E-state index in [0.29, 0.717) is 12.1 Å². The van der Waals surface area contributed by atoms with Crippen LogP contribution in [0.4, 0.5) is 0 Å². The van der Waals surface area contributed by atoms with Crippen LogP contribution in [0, 0.1) is 0 Å². The van der Waals surface area contributed by atoms with Crippen LogP contribution >= 0.6 is 11.6 Å². The predicted molar refractivity (Wildman–Crippen MR) is 74.9 cm³/mol. The lowest BCUT2D eigenvalue weighted by molar-refractivity contribution is 0.429.